The standard InChI is InChI=1S/C23H22IN3O3S/c1-17(20-7-6-8-21(24)15-20)25-26-23(28)19-13-11-18(12-14-19)16-27(31(2,29)30)22-9-4-3-5-10-22/h3-15H,16H2,1-2H3,(H,26,28)/b25-17-. The smallest absolute Gasteiger partial charge is 0.267 e. The molecule has 0 atom stereocenters. The number of hydrogen-bond donors (Lipinski definition) is 1. The number of carbonyl (C=O) groups is 1. The van der Waals surface area contributed by atoms with Crippen LogP contribution in [0.2, 0.25) is 0 Å². The van der Waals surface area contributed by atoms with Gasteiger partial charge in [-0.25, -0.2) is 13.8 Å². The number of sulfonamides is 1. The Balaban J connectivity index is 1.70. The summed E-state index contributed by atoms with van der Waals surface area (Å²) in [4.78, 5) is 12.4. The molecule has 6 nitrogen and oxygen atoms in total. The molecule has 0 heterocycles. The van der Waals surface area contributed by atoms with Gasteiger partial charge in [0.15, 0.2) is 0 Å². The van der Waals surface area contributed by atoms with E-state index in [1.165, 1.54) is 10.6 Å². The lowest BCUT2D eigenvalue weighted by atomic mass is 10.1. The number of anilines is 1. The molecule has 3 rings (SSSR count). The Morgan fingerprint density at radius 2 is 1.65 bits per heavy atom. The van der Waals surface area contributed by atoms with E-state index >= 15 is 0 Å². The van der Waals surface area contributed by atoms with Gasteiger partial charge in [0.05, 0.1) is 24.2 Å². The largest absolute Gasteiger partial charge is 0.271 e. The van der Waals surface area contributed by atoms with Crippen molar-refractivity contribution >= 4 is 49.9 Å². The van der Waals surface area contributed by atoms with E-state index in [-0.39, 0.29) is 12.5 Å². The van der Waals surface area contributed by atoms with Gasteiger partial charge in [0.1, 0.15) is 0 Å². The number of nitrogens with zero attached hydrogens (tertiary/aromatic N) is 2. The van der Waals surface area contributed by atoms with Gasteiger partial charge in [0.25, 0.3) is 5.91 Å². The number of rotatable bonds is 7. The van der Waals surface area contributed by atoms with E-state index in [0.29, 0.717) is 17.0 Å². The first-order chi connectivity index (χ1) is 14.7. The van der Waals surface area contributed by atoms with Crippen LogP contribution in [0.25, 0.3) is 0 Å². The molecule has 0 bridgehead atoms. The van der Waals surface area contributed by atoms with E-state index in [0.717, 1.165) is 14.7 Å². The highest BCUT2D eigenvalue weighted by Gasteiger charge is 2.17. The number of amides is 1. The van der Waals surface area contributed by atoms with Crippen molar-refractivity contribution in [3.05, 3.63) is 99.1 Å². The number of para-hydroxylation sites is 1. The number of nitrogens with one attached hydrogen (secondary N) is 1. The molecule has 3 aromatic carbocycles. The fourth-order valence-corrected chi connectivity index (χ4v) is 4.33. The zero-order valence-corrected chi connectivity index (χ0v) is 20.1. The van der Waals surface area contributed by atoms with Gasteiger partial charge in [-0.3, -0.25) is 9.10 Å². The van der Waals surface area contributed by atoms with Crippen molar-refractivity contribution in [1.82, 2.24) is 5.43 Å². The quantitative estimate of drug-likeness (QED) is 0.271. The van der Waals surface area contributed by atoms with E-state index in [4.69, 9.17) is 0 Å². The van der Waals surface area contributed by atoms with Gasteiger partial charge in [-0.1, -0.05) is 42.5 Å². The van der Waals surface area contributed by atoms with E-state index in [1.807, 2.05) is 37.3 Å². The summed E-state index contributed by atoms with van der Waals surface area (Å²) in [5, 5.41) is 4.18. The van der Waals surface area contributed by atoms with E-state index < -0.39 is 10.0 Å². The van der Waals surface area contributed by atoms with Crippen molar-refractivity contribution in [2.24, 2.45) is 5.10 Å². The minimum atomic E-state index is -3.45. The fourth-order valence-electron chi connectivity index (χ4n) is 2.90. The maximum atomic E-state index is 12.4. The summed E-state index contributed by atoms with van der Waals surface area (Å²) in [6.07, 6.45) is 1.18. The van der Waals surface area contributed by atoms with Crippen LogP contribution in [-0.2, 0) is 16.6 Å². The zero-order chi connectivity index (χ0) is 22.4. The highest BCUT2D eigenvalue weighted by atomic mass is 127. The molecule has 3 aromatic rings. The predicted octanol–water partition coefficient (Wildman–Crippen LogP) is 4.41. The minimum absolute atomic E-state index is 0.175. The van der Waals surface area contributed by atoms with E-state index in [9.17, 15) is 13.2 Å². The lowest BCUT2D eigenvalue weighted by Crippen LogP contribution is -2.29. The summed E-state index contributed by atoms with van der Waals surface area (Å²) in [7, 11) is -3.45. The Morgan fingerprint density at radius 1 is 0.968 bits per heavy atom. The lowest BCUT2D eigenvalue weighted by Gasteiger charge is -2.22. The topological polar surface area (TPSA) is 78.8 Å². The molecule has 0 unspecified atom stereocenters. The number of hydrogen-bond acceptors (Lipinski definition) is 4. The molecule has 0 saturated heterocycles. The second kappa shape index (κ2) is 10.1. The second-order valence-electron chi connectivity index (χ2n) is 6.95. The Hall–Kier alpha value is -2.72. The first kappa shape index (κ1) is 23.0. The van der Waals surface area contributed by atoms with Crippen molar-refractivity contribution in [3.8, 4) is 0 Å². The van der Waals surface area contributed by atoms with E-state index in [2.05, 4.69) is 33.1 Å². The summed E-state index contributed by atoms with van der Waals surface area (Å²) >= 11 is 2.23. The molecule has 0 fully saturated rings. The predicted molar refractivity (Wildman–Crippen MR) is 133 cm³/mol. The molecule has 0 aliphatic carbocycles. The Labute approximate surface area is 196 Å². The molecule has 0 spiro atoms. The summed E-state index contributed by atoms with van der Waals surface area (Å²) < 4.78 is 26.9. The molecule has 160 valence electrons. The first-order valence-corrected chi connectivity index (χ1v) is 12.4. The van der Waals surface area contributed by atoms with Gasteiger partial charge in [-0.05, 0) is 77.0 Å². The average molecular weight is 547 g/mol. The first-order valence-electron chi connectivity index (χ1n) is 9.46. The molecule has 0 aliphatic rings. The summed E-state index contributed by atoms with van der Waals surface area (Å²) in [5.41, 5.74) is 6.00. The van der Waals surface area contributed by atoms with Crippen LogP contribution in [0.5, 0.6) is 0 Å². The molecule has 0 aromatic heterocycles. The molecular formula is C23H22IN3O3S. The molecule has 8 heteroatoms. The average Bonchev–Trinajstić information content (AvgIpc) is 2.75. The van der Waals surface area contributed by atoms with Gasteiger partial charge < -0.3 is 0 Å². The van der Waals surface area contributed by atoms with Gasteiger partial charge >= 0.3 is 0 Å². The van der Waals surface area contributed by atoms with Crippen LogP contribution in [0.15, 0.2) is 84.0 Å². The van der Waals surface area contributed by atoms with Crippen LogP contribution >= 0.6 is 22.6 Å². The van der Waals surface area contributed by atoms with Crippen LogP contribution in [-0.4, -0.2) is 26.3 Å². The van der Waals surface area contributed by atoms with Crippen LogP contribution in [0.4, 0.5) is 5.69 Å². The lowest BCUT2D eigenvalue weighted by molar-refractivity contribution is 0.0955. The van der Waals surface area contributed by atoms with Crippen LogP contribution in [0.1, 0.15) is 28.4 Å². The number of hydrazone groups is 1. The van der Waals surface area contributed by atoms with Gasteiger partial charge in [0.2, 0.25) is 10.0 Å². The number of halogens is 1. The molecular weight excluding hydrogens is 525 g/mol. The Kier molecular flexibility index (Phi) is 7.45. The van der Waals surface area contributed by atoms with Gasteiger partial charge in [-0.2, -0.15) is 5.10 Å². The molecule has 0 aliphatic heterocycles. The fraction of sp³-hybridized carbons (Fsp3) is 0.130. The van der Waals surface area contributed by atoms with Crippen molar-refractivity contribution in [2.45, 2.75) is 13.5 Å². The maximum Gasteiger partial charge on any atom is 0.271 e. The van der Waals surface area contributed by atoms with Crippen molar-refractivity contribution in [3.63, 3.8) is 0 Å². The number of carbonyl (C=O) groups excluding carboxylic acids is 1. The monoisotopic (exact) mass is 547 g/mol. The molecule has 31 heavy (non-hydrogen) atoms. The highest BCUT2D eigenvalue weighted by molar-refractivity contribution is 14.1. The third-order valence-electron chi connectivity index (χ3n) is 4.55. The van der Waals surface area contributed by atoms with Crippen LogP contribution in [0.3, 0.4) is 0 Å². The van der Waals surface area contributed by atoms with Crippen molar-refractivity contribution in [2.75, 3.05) is 10.6 Å². The molecule has 1 amide bonds. The normalized spacial score (nSPS) is 11.8. The number of benzene rings is 3. The third kappa shape index (κ3) is 6.38. The zero-order valence-electron chi connectivity index (χ0n) is 17.1. The van der Waals surface area contributed by atoms with Crippen LogP contribution < -0.4 is 9.73 Å². The van der Waals surface area contributed by atoms with Crippen molar-refractivity contribution < 1.29 is 13.2 Å². The maximum absolute atomic E-state index is 12.4. The Morgan fingerprint density at radius 3 is 2.26 bits per heavy atom. The third-order valence-corrected chi connectivity index (χ3v) is 6.37. The minimum Gasteiger partial charge on any atom is -0.267 e. The van der Waals surface area contributed by atoms with Gasteiger partial charge in [0, 0.05) is 9.13 Å². The summed E-state index contributed by atoms with van der Waals surface area (Å²) in [6.45, 7) is 2.01. The van der Waals surface area contributed by atoms with Crippen LogP contribution in [0, 0.1) is 3.57 Å². The molecule has 0 radical (unpaired) electrons. The van der Waals surface area contributed by atoms with Crippen molar-refractivity contribution in [1.29, 1.82) is 0 Å². The molecule has 0 saturated carbocycles. The Bertz CT molecular complexity index is 1190. The van der Waals surface area contributed by atoms with E-state index in [1.54, 1.807) is 48.5 Å². The summed E-state index contributed by atoms with van der Waals surface area (Å²) in [6, 6.07) is 23.6. The summed E-state index contributed by atoms with van der Waals surface area (Å²) in [5.74, 6) is -0.334. The molecule has 1 N–H and O–H groups in total. The van der Waals surface area contributed by atoms with Gasteiger partial charge in [-0.15, -0.1) is 0 Å². The highest BCUT2D eigenvalue weighted by Crippen LogP contribution is 2.20. The SMILES string of the molecule is C/C(=N/NC(=O)c1ccc(CN(c2ccccc2)S(C)(=O)=O)cc1)c1cccc(I)c1. The second-order valence-corrected chi connectivity index (χ2v) is 10.1.